The highest BCUT2D eigenvalue weighted by atomic mass is 16.7. The lowest BCUT2D eigenvalue weighted by molar-refractivity contribution is -0.126. The maximum Gasteiger partial charge on any atom is 0.319 e. The number of hydrogen-bond donors (Lipinski definition) is 2. The molecule has 0 aliphatic carbocycles. The van der Waals surface area contributed by atoms with E-state index < -0.39 is 6.04 Å². The van der Waals surface area contributed by atoms with Crippen molar-refractivity contribution in [3.05, 3.63) is 65.1 Å². The zero-order chi connectivity index (χ0) is 19.7. The Morgan fingerprint density at radius 1 is 1.29 bits per heavy atom. The van der Waals surface area contributed by atoms with E-state index >= 15 is 0 Å². The van der Waals surface area contributed by atoms with Crippen LogP contribution in [0.3, 0.4) is 0 Å². The highest BCUT2D eigenvalue weighted by Crippen LogP contribution is 2.33. The average molecular weight is 380 g/mol. The molecule has 0 saturated heterocycles. The van der Waals surface area contributed by atoms with Crippen molar-refractivity contribution in [1.29, 1.82) is 0 Å². The Kier molecular flexibility index (Phi) is 4.60. The number of allylic oxidation sites excluding steroid dienone is 1. The number of carbonyl (C=O) groups excluding carboxylic acids is 2. The monoisotopic (exact) mass is 380 g/mol. The van der Waals surface area contributed by atoms with E-state index in [4.69, 9.17) is 9.47 Å². The fourth-order valence-electron chi connectivity index (χ4n) is 3.36. The zero-order valence-corrected chi connectivity index (χ0v) is 15.6. The van der Waals surface area contributed by atoms with Crippen molar-refractivity contribution in [2.45, 2.75) is 19.5 Å². The van der Waals surface area contributed by atoms with Gasteiger partial charge in [-0.3, -0.25) is 9.78 Å². The van der Waals surface area contributed by atoms with E-state index in [0.29, 0.717) is 29.3 Å². The minimum Gasteiger partial charge on any atom is -0.454 e. The number of pyridine rings is 1. The Labute approximate surface area is 162 Å². The van der Waals surface area contributed by atoms with Crippen molar-refractivity contribution in [2.75, 3.05) is 13.8 Å². The minimum atomic E-state index is -0.561. The summed E-state index contributed by atoms with van der Waals surface area (Å²) in [4.78, 5) is 30.9. The van der Waals surface area contributed by atoms with Gasteiger partial charge in [0.05, 0.1) is 11.6 Å². The van der Waals surface area contributed by atoms with Crippen LogP contribution in [0.5, 0.6) is 11.5 Å². The molecule has 0 spiro atoms. The van der Waals surface area contributed by atoms with Crippen molar-refractivity contribution in [3.63, 3.8) is 0 Å². The number of nitrogens with one attached hydrogen (secondary N) is 2. The lowest BCUT2D eigenvalue weighted by atomic mass is 9.95. The van der Waals surface area contributed by atoms with Crippen LogP contribution in [0.2, 0.25) is 0 Å². The summed E-state index contributed by atoms with van der Waals surface area (Å²) in [7, 11) is 1.73. The van der Waals surface area contributed by atoms with E-state index in [1.165, 1.54) is 0 Å². The summed E-state index contributed by atoms with van der Waals surface area (Å²) in [5, 5.41) is 5.50. The van der Waals surface area contributed by atoms with Crippen LogP contribution in [0.25, 0.3) is 0 Å². The lowest BCUT2D eigenvalue weighted by Crippen LogP contribution is -2.47. The van der Waals surface area contributed by atoms with Crippen molar-refractivity contribution in [3.8, 4) is 11.5 Å². The summed E-state index contributed by atoms with van der Waals surface area (Å²) in [6.45, 7) is 2.32. The van der Waals surface area contributed by atoms with Gasteiger partial charge in [0.1, 0.15) is 0 Å². The van der Waals surface area contributed by atoms with Gasteiger partial charge in [0, 0.05) is 31.7 Å². The number of ether oxygens (including phenoxy) is 2. The third-order valence-electron chi connectivity index (χ3n) is 4.72. The maximum absolute atomic E-state index is 13.2. The van der Waals surface area contributed by atoms with E-state index in [2.05, 4.69) is 15.6 Å². The molecule has 0 fully saturated rings. The van der Waals surface area contributed by atoms with Crippen molar-refractivity contribution >= 4 is 11.9 Å². The Balaban J connectivity index is 1.59. The quantitative estimate of drug-likeness (QED) is 0.847. The molecule has 8 nitrogen and oxygen atoms in total. The second-order valence-electron chi connectivity index (χ2n) is 6.71. The van der Waals surface area contributed by atoms with Gasteiger partial charge in [0.2, 0.25) is 6.79 Å². The largest absolute Gasteiger partial charge is 0.454 e. The number of hydrogen-bond acceptors (Lipinski definition) is 5. The van der Waals surface area contributed by atoms with E-state index in [-0.39, 0.29) is 18.7 Å². The molecule has 28 heavy (non-hydrogen) atoms. The molecule has 0 saturated carbocycles. The van der Waals surface area contributed by atoms with Gasteiger partial charge in [-0.25, -0.2) is 4.79 Å². The molecule has 2 aliphatic rings. The molecule has 3 amide bonds. The fourth-order valence-corrected chi connectivity index (χ4v) is 3.36. The Morgan fingerprint density at radius 3 is 2.89 bits per heavy atom. The summed E-state index contributed by atoms with van der Waals surface area (Å²) in [6, 6.07) is 8.31. The second-order valence-corrected chi connectivity index (χ2v) is 6.71. The molecule has 8 heteroatoms. The number of fused-ring (bicyclic) bond motifs is 1. The molecule has 1 aromatic heterocycles. The second kappa shape index (κ2) is 7.22. The molecule has 1 aromatic carbocycles. The molecule has 3 heterocycles. The number of nitrogens with zero attached hydrogens (tertiary/aromatic N) is 2. The number of aromatic nitrogens is 1. The summed E-state index contributed by atoms with van der Waals surface area (Å²) in [5.74, 6) is 1.19. The number of urea groups is 1. The molecule has 1 atom stereocenters. The Bertz CT molecular complexity index is 958. The third kappa shape index (κ3) is 3.36. The first-order chi connectivity index (χ1) is 13.5. The Morgan fingerprint density at radius 2 is 2.11 bits per heavy atom. The summed E-state index contributed by atoms with van der Waals surface area (Å²) in [6.07, 6.45) is 3.30. The van der Waals surface area contributed by atoms with E-state index in [1.54, 1.807) is 37.3 Å². The predicted molar refractivity (Wildman–Crippen MR) is 100 cm³/mol. The summed E-state index contributed by atoms with van der Waals surface area (Å²) >= 11 is 0. The molecule has 0 unspecified atom stereocenters. The molecule has 4 rings (SSSR count). The first kappa shape index (κ1) is 17.8. The first-order valence-corrected chi connectivity index (χ1v) is 8.85. The highest BCUT2D eigenvalue weighted by Gasteiger charge is 2.32. The van der Waals surface area contributed by atoms with E-state index in [0.717, 1.165) is 11.1 Å². The third-order valence-corrected chi connectivity index (χ3v) is 4.72. The van der Waals surface area contributed by atoms with Crippen LogP contribution in [-0.4, -0.2) is 35.7 Å². The van der Waals surface area contributed by atoms with Crippen LogP contribution < -0.4 is 20.1 Å². The number of amides is 3. The summed E-state index contributed by atoms with van der Waals surface area (Å²) < 4.78 is 10.7. The SMILES string of the molecule is CC1=C(C(=O)N(C)Cc2ccc3c(c2)OCO3)[C@H](c2cccnc2)NC(=O)N1. The Hall–Kier alpha value is -3.55. The predicted octanol–water partition coefficient (Wildman–Crippen LogP) is 2.10. The maximum atomic E-state index is 13.2. The van der Waals surface area contributed by atoms with Crippen LogP contribution in [0, 0.1) is 0 Å². The van der Waals surface area contributed by atoms with Gasteiger partial charge < -0.3 is 25.0 Å². The van der Waals surface area contributed by atoms with Crippen LogP contribution in [0.15, 0.2) is 54.0 Å². The minimum absolute atomic E-state index is 0.184. The molecule has 0 bridgehead atoms. The topological polar surface area (TPSA) is 92.8 Å². The van der Waals surface area contributed by atoms with Crippen LogP contribution in [0.1, 0.15) is 24.1 Å². The normalized spacial score (nSPS) is 17.8. The van der Waals surface area contributed by atoms with E-state index in [9.17, 15) is 9.59 Å². The van der Waals surface area contributed by atoms with Crippen LogP contribution in [-0.2, 0) is 11.3 Å². The molecule has 2 aromatic rings. The number of carbonyl (C=O) groups is 2. The lowest BCUT2D eigenvalue weighted by Gasteiger charge is -2.31. The van der Waals surface area contributed by atoms with Gasteiger partial charge in [0.25, 0.3) is 5.91 Å². The van der Waals surface area contributed by atoms with E-state index in [1.807, 2.05) is 24.3 Å². The van der Waals surface area contributed by atoms with Crippen molar-refractivity contribution in [1.82, 2.24) is 20.5 Å². The average Bonchev–Trinajstić information content (AvgIpc) is 3.15. The molecule has 2 N–H and O–H groups in total. The van der Waals surface area contributed by atoms with Crippen molar-refractivity contribution < 1.29 is 19.1 Å². The van der Waals surface area contributed by atoms with Gasteiger partial charge in [-0.05, 0) is 36.2 Å². The van der Waals surface area contributed by atoms with Crippen molar-refractivity contribution in [2.24, 2.45) is 0 Å². The van der Waals surface area contributed by atoms with Gasteiger partial charge in [-0.1, -0.05) is 12.1 Å². The zero-order valence-electron chi connectivity index (χ0n) is 15.6. The summed E-state index contributed by atoms with van der Waals surface area (Å²) in [5.41, 5.74) is 2.68. The molecule has 144 valence electrons. The highest BCUT2D eigenvalue weighted by molar-refractivity contribution is 5.98. The van der Waals surface area contributed by atoms with Gasteiger partial charge in [-0.15, -0.1) is 0 Å². The van der Waals surface area contributed by atoms with Crippen LogP contribution >= 0.6 is 0 Å². The molecular formula is C20H20N4O4. The molecular weight excluding hydrogens is 360 g/mol. The first-order valence-electron chi connectivity index (χ1n) is 8.85. The van der Waals surface area contributed by atoms with Crippen LogP contribution in [0.4, 0.5) is 4.79 Å². The number of likely N-dealkylation sites (N-methyl/N-ethyl adjacent to an activating group) is 1. The fraction of sp³-hybridized carbons (Fsp3) is 0.250. The standard InChI is InChI=1S/C20H20N4O4/c1-12-17(18(23-20(26)22-12)14-4-3-7-21-9-14)19(25)24(2)10-13-5-6-15-16(8-13)28-11-27-15/h3-9,18H,10-11H2,1-2H3,(H2,22,23,26)/t18-/m0/s1. The van der Waals surface area contributed by atoms with Gasteiger partial charge in [0.15, 0.2) is 11.5 Å². The smallest absolute Gasteiger partial charge is 0.319 e. The molecule has 2 aliphatic heterocycles. The van der Waals surface area contributed by atoms with Gasteiger partial charge >= 0.3 is 6.03 Å². The number of rotatable bonds is 4. The number of benzene rings is 1. The van der Waals surface area contributed by atoms with Gasteiger partial charge in [-0.2, -0.15) is 0 Å². The molecule has 0 radical (unpaired) electrons.